The first-order valence-corrected chi connectivity index (χ1v) is 16.4. The lowest BCUT2D eigenvalue weighted by Gasteiger charge is -2.42. The van der Waals surface area contributed by atoms with Crippen molar-refractivity contribution in [3.8, 4) is 11.4 Å². The molecule has 0 saturated heterocycles. The minimum absolute atomic E-state index is 0.0106. The number of benzene rings is 3. The minimum Gasteiger partial charge on any atom is -0.480 e. The Bertz CT molecular complexity index is 1880. The van der Waals surface area contributed by atoms with Gasteiger partial charge >= 0.3 is 11.9 Å². The lowest BCUT2D eigenvalue weighted by molar-refractivity contribution is -0.189. The lowest BCUT2D eigenvalue weighted by atomic mass is 10.2. The zero-order valence-corrected chi connectivity index (χ0v) is 26.6. The third-order valence-corrected chi connectivity index (χ3v) is 12.8. The molecule has 1 N–H and O–H groups in total. The summed E-state index contributed by atoms with van der Waals surface area (Å²) >= 11 is 0. The summed E-state index contributed by atoms with van der Waals surface area (Å²) in [5.74, 6) is -0.0367. The highest BCUT2D eigenvalue weighted by Crippen LogP contribution is 2.37. The summed E-state index contributed by atoms with van der Waals surface area (Å²) in [5, 5.41) is 6.21. The standard InChI is InChI=1S/C32H34F3N5O4Si/c1-6-39-27(19-43-45(31(3,4)5,23-13-9-7-10-14-23)24-15-11-8-12-16-24)38-40(30(39)42)22-17-25-28(29(41)37-20-36-25)26(18-22)44-21(2)32(33,34)35/h7-18,20-21H,6,19H2,1-5H3,(H,36,37,41)/t21-/m0/s1. The summed E-state index contributed by atoms with van der Waals surface area (Å²) in [6.07, 6.45) is -5.79. The van der Waals surface area contributed by atoms with Crippen LogP contribution in [0.3, 0.4) is 0 Å². The SMILES string of the molecule is CCn1c(CO[Si](c2ccccc2)(c2ccccc2)C(C)(C)C)nn(-c2cc(O[C@@H](C)C(F)(F)F)c3c(=O)[nH]cnc3c2)c1=O. The summed E-state index contributed by atoms with van der Waals surface area (Å²) in [4.78, 5) is 32.7. The van der Waals surface area contributed by atoms with Crippen LogP contribution in [0.1, 0.15) is 40.4 Å². The monoisotopic (exact) mass is 637 g/mol. The quantitative estimate of drug-likeness (QED) is 0.235. The maximum Gasteiger partial charge on any atom is 0.425 e. The lowest BCUT2D eigenvalue weighted by Crippen LogP contribution is -2.66. The number of fused-ring (bicyclic) bond motifs is 1. The minimum atomic E-state index is -4.69. The van der Waals surface area contributed by atoms with Crippen LogP contribution in [0.25, 0.3) is 16.6 Å². The van der Waals surface area contributed by atoms with Gasteiger partial charge in [0.2, 0.25) is 0 Å². The number of hydrogen-bond acceptors (Lipinski definition) is 6. The number of alkyl halides is 3. The van der Waals surface area contributed by atoms with Crippen molar-refractivity contribution in [2.24, 2.45) is 0 Å². The molecular formula is C32H34F3N5O4Si. The summed E-state index contributed by atoms with van der Waals surface area (Å²) in [7, 11) is -2.98. The van der Waals surface area contributed by atoms with Crippen molar-refractivity contribution < 1.29 is 22.3 Å². The Hall–Kier alpha value is -4.49. The van der Waals surface area contributed by atoms with E-state index in [1.54, 1.807) is 6.92 Å². The van der Waals surface area contributed by atoms with Gasteiger partial charge in [-0.05, 0) is 35.3 Å². The fourth-order valence-corrected chi connectivity index (χ4v) is 10.1. The van der Waals surface area contributed by atoms with Crippen molar-refractivity contribution in [3.63, 3.8) is 0 Å². The molecule has 2 aromatic heterocycles. The predicted octanol–water partition coefficient (Wildman–Crippen LogP) is 4.70. The van der Waals surface area contributed by atoms with E-state index >= 15 is 0 Å². The summed E-state index contributed by atoms with van der Waals surface area (Å²) < 4.78 is 55.0. The zero-order valence-electron chi connectivity index (χ0n) is 25.6. The van der Waals surface area contributed by atoms with Gasteiger partial charge in [0.15, 0.2) is 11.9 Å². The van der Waals surface area contributed by atoms with Crippen LogP contribution in [-0.2, 0) is 17.6 Å². The number of ether oxygens (including phenoxy) is 1. The van der Waals surface area contributed by atoms with E-state index in [9.17, 15) is 22.8 Å². The molecule has 1 atom stereocenters. The Morgan fingerprint density at radius 2 is 1.56 bits per heavy atom. The van der Waals surface area contributed by atoms with E-state index in [0.29, 0.717) is 5.82 Å². The van der Waals surface area contributed by atoms with E-state index in [1.807, 2.05) is 36.4 Å². The molecule has 0 fully saturated rings. The third kappa shape index (κ3) is 5.97. The molecule has 9 nitrogen and oxygen atoms in total. The molecule has 236 valence electrons. The highest BCUT2D eigenvalue weighted by molar-refractivity contribution is 6.99. The van der Waals surface area contributed by atoms with Gasteiger partial charge in [0.05, 0.1) is 24.1 Å². The van der Waals surface area contributed by atoms with Crippen LogP contribution < -0.4 is 26.4 Å². The number of nitrogens with one attached hydrogen (secondary N) is 1. The summed E-state index contributed by atoms with van der Waals surface area (Å²) in [6.45, 7) is 9.29. The fraction of sp³-hybridized carbons (Fsp3) is 0.312. The highest BCUT2D eigenvalue weighted by atomic mass is 28.4. The third-order valence-electron chi connectivity index (χ3n) is 7.79. The van der Waals surface area contributed by atoms with Crippen LogP contribution in [0.2, 0.25) is 5.04 Å². The first kappa shape index (κ1) is 31.9. The highest BCUT2D eigenvalue weighted by Gasteiger charge is 2.50. The van der Waals surface area contributed by atoms with Gasteiger partial charge in [-0.3, -0.25) is 9.36 Å². The Morgan fingerprint density at radius 1 is 0.956 bits per heavy atom. The van der Waals surface area contributed by atoms with E-state index in [1.165, 1.54) is 16.7 Å². The number of halogens is 3. The summed E-state index contributed by atoms with van der Waals surface area (Å²) in [6, 6.07) is 22.7. The molecule has 0 amide bonds. The average Bonchev–Trinajstić information content (AvgIpc) is 3.32. The van der Waals surface area contributed by atoms with Crippen LogP contribution >= 0.6 is 0 Å². The molecule has 0 bridgehead atoms. The molecule has 45 heavy (non-hydrogen) atoms. The molecule has 0 unspecified atom stereocenters. The molecule has 0 aliphatic rings. The normalized spacial score (nSPS) is 13.2. The van der Waals surface area contributed by atoms with Gasteiger partial charge in [-0.1, -0.05) is 81.4 Å². The van der Waals surface area contributed by atoms with Gasteiger partial charge in [0, 0.05) is 12.6 Å². The van der Waals surface area contributed by atoms with Crippen molar-refractivity contribution in [1.29, 1.82) is 0 Å². The van der Waals surface area contributed by atoms with E-state index in [4.69, 9.17) is 9.16 Å². The average molecular weight is 638 g/mol. The smallest absolute Gasteiger partial charge is 0.425 e. The first-order chi connectivity index (χ1) is 21.3. The Balaban J connectivity index is 1.62. The molecule has 0 spiro atoms. The van der Waals surface area contributed by atoms with Crippen LogP contribution in [0, 0.1) is 0 Å². The Morgan fingerprint density at radius 3 is 2.09 bits per heavy atom. The number of rotatable bonds is 9. The second-order valence-corrected chi connectivity index (χ2v) is 16.0. The predicted molar refractivity (Wildman–Crippen MR) is 168 cm³/mol. The molecule has 0 aliphatic carbocycles. The van der Waals surface area contributed by atoms with Crippen LogP contribution in [0.4, 0.5) is 13.2 Å². The van der Waals surface area contributed by atoms with Gasteiger partial charge in [-0.25, -0.2) is 9.78 Å². The number of aromatic amines is 1. The first-order valence-electron chi connectivity index (χ1n) is 14.5. The van der Waals surface area contributed by atoms with Crippen LogP contribution in [0.15, 0.2) is 88.7 Å². The van der Waals surface area contributed by atoms with Gasteiger partial charge in [-0.15, -0.1) is 5.10 Å². The molecule has 13 heteroatoms. The maximum absolute atomic E-state index is 13.7. The Labute approximate surface area is 258 Å². The second-order valence-electron chi connectivity index (χ2n) is 11.7. The second kappa shape index (κ2) is 12.1. The molecule has 0 aliphatic heterocycles. The zero-order chi connectivity index (χ0) is 32.6. The van der Waals surface area contributed by atoms with E-state index in [-0.39, 0.29) is 40.5 Å². The molecule has 0 radical (unpaired) electrons. The molecule has 0 saturated carbocycles. The summed E-state index contributed by atoms with van der Waals surface area (Å²) in [5.41, 5.74) is -1.07. The van der Waals surface area contributed by atoms with E-state index in [0.717, 1.165) is 28.3 Å². The van der Waals surface area contributed by atoms with E-state index in [2.05, 4.69) is 60.1 Å². The van der Waals surface area contributed by atoms with Crippen LogP contribution in [0.5, 0.6) is 5.75 Å². The largest absolute Gasteiger partial charge is 0.480 e. The van der Waals surface area contributed by atoms with Gasteiger partial charge in [-0.2, -0.15) is 17.9 Å². The van der Waals surface area contributed by atoms with Crippen LogP contribution in [-0.4, -0.2) is 44.9 Å². The van der Waals surface area contributed by atoms with Crippen molar-refractivity contribution in [1.82, 2.24) is 24.3 Å². The number of H-pyrrole nitrogens is 1. The van der Waals surface area contributed by atoms with Gasteiger partial charge in [0.25, 0.3) is 13.9 Å². The number of nitrogens with zero attached hydrogens (tertiary/aromatic N) is 4. The molecule has 5 rings (SSSR count). The Kier molecular flexibility index (Phi) is 8.60. The molecular weight excluding hydrogens is 603 g/mol. The number of aromatic nitrogens is 5. The van der Waals surface area contributed by atoms with Gasteiger partial charge < -0.3 is 14.1 Å². The molecule has 5 aromatic rings. The molecule has 3 aromatic carbocycles. The maximum atomic E-state index is 13.7. The van der Waals surface area contributed by atoms with E-state index < -0.39 is 31.8 Å². The number of hydrogen-bond donors (Lipinski definition) is 1. The fourth-order valence-electron chi connectivity index (χ4n) is 5.59. The van der Waals surface area contributed by atoms with Crippen molar-refractivity contribution in [3.05, 3.63) is 106 Å². The topological polar surface area (TPSA) is 104 Å². The van der Waals surface area contributed by atoms with Gasteiger partial charge in [0.1, 0.15) is 11.1 Å². The molecule has 2 heterocycles. The van der Waals surface area contributed by atoms with Crippen molar-refractivity contribution in [2.75, 3.05) is 0 Å². The van der Waals surface area contributed by atoms with Crippen molar-refractivity contribution >= 4 is 29.6 Å². The van der Waals surface area contributed by atoms with Crippen molar-refractivity contribution in [2.45, 2.75) is 65.1 Å².